The number of nitrogens with zero attached hydrogens (tertiary/aromatic N) is 2. The topological polar surface area (TPSA) is 124 Å². The van der Waals surface area contributed by atoms with E-state index in [1.54, 1.807) is 17.0 Å². The van der Waals surface area contributed by atoms with Gasteiger partial charge in [-0.25, -0.2) is 4.39 Å². The first-order chi connectivity index (χ1) is 33.5. The molecule has 1 aromatic heterocycles. The summed E-state index contributed by atoms with van der Waals surface area (Å²) in [5.74, 6) is -1.08. The number of benzene rings is 3. The summed E-state index contributed by atoms with van der Waals surface area (Å²) in [6, 6.07) is 24.9. The zero-order chi connectivity index (χ0) is 49.2. The Kier molecular flexibility index (Phi) is 22.9. The van der Waals surface area contributed by atoms with Crippen LogP contribution in [0.4, 0.5) is 10.1 Å². The highest BCUT2D eigenvalue weighted by Gasteiger charge is 2.31. The maximum Gasteiger partial charge on any atom is 0.258 e. The van der Waals surface area contributed by atoms with Gasteiger partial charge >= 0.3 is 0 Å². The molecule has 0 unspecified atom stereocenters. The van der Waals surface area contributed by atoms with Gasteiger partial charge in [0.15, 0.2) is 0 Å². The van der Waals surface area contributed by atoms with Crippen molar-refractivity contribution in [3.05, 3.63) is 175 Å². The van der Waals surface area contributed by atoms with Gasteiger partial charge < -0.3 is 30.3 Å². The molecule has 3 amide bonds. The fraction of sp³-hybridized carbons (Fsp3) is 0.373. The van der Waals surface area contributed by atoms with E-state index in [-0.39, 0.29) is 61.3 Å². The zero-order valence-corrected chi connectivity index (χ0v) is 40.8. The number of carbonyl (C=O) groups is 3. The van der Waals surface area contributed by atoms with E-state index in [0.717, 1.165) is 49.8 Å². The summed E-state index contributed by atoms with van der Waals surface area (Å²) >= 11 is 0. The average Bonchev–Trinajstić information content (AvgIpc) is 3.95. The summed E-state index contributed by atoms with van der Waals surface area (Å²) in [7, 11) is 0. The fourth-order valence-electron chi connectivity index (χ4n) is 8.61. The molecule has 10 heteroatoms. The number of aliphatic hydroxyl groups is 2. The molecule has 5 rings (SSSR count). The minimum Gasteiger partial charge on any atom is -0.393 e. The molecule has 0 aliphatic carbocycles. The number of aliphatic hydroxyl groups excluding tert-OH is 2. The van der Waals surface area contributed by atoms with Crippen LogP contribution in [0.25, 0.3) is 22.4 Å². The van der Waals surface area contributed by atoms with Crippen LogP contribution in [0.15, 0.2) is 158 Å². The highest BCUT2D eigenvalue weighted by molar-refractivity contribution is 6.12. The summed E-state index contributed by atoms with van der Waals surface area (Å²) in [6.45, 7) is 7.44. The molecule has 3 aromatic carbocycles. The fourth-order valence-corrected chi connectivity index (χ4v) is 8.61. The van der Waals surface area contributed by atoms with Crippen molar-refractivity contribution < 1.29 is 29.0 Å². The number of hydrogen-bond donors (Lipinski definition) is 4. The number of halogens is 1. The highest BCUT2D eigenvalue weighted by Crippen LogP contribution is 2.42. The summed E-state index contributed by atoms with van der Waals surface area (Å²) in [6.07, 6.45) is 31.2. The molecule has 1 saturated heterocycles. The number of hydrogen-bond acceptors (Lipinski definition) is 5. The van der Waals surface area contributed by atoms with E-state index in [0.29, 0.717) is 60.4 Å². The summed E-state index contributed by atoms with van der Waals surface area (Å²) in [4.78, 5) is 42.2. The van der Waals surface area contributed by atoms with E-state index in [1.807, 2.05) is 85.2 Å². The van der Waals surface area contributed by atoms with Crippen LogP contribution in [-0.4, -0.2) is 68.7 Å². The average molecular weight is 937 g/mol. The molecule has 0 bridgehead atoms. The van der Waals surface area contributed by atoms with Crippen LogP contribution in [0.3, 0.4) is 0 Å². The van der Waals surface area contributed by atoms with Crippen molar-refractivity contribution in [3.8, 4) is 22.4 Å². The quantitative estimate of drug-likeness (QED) is 0.0443. The molecule has 4 N–H and O–H groups in total. The van der Waals surface area contributed by atoms with Crippen LogP contribution in [0.1, 0.15) is 120 Å². The Balaban J connectivity index is 1.08. The molecular formula is C59H73FN4O5. The largest absolute Gasteiger partial charge is 0.393 e. The van der Waals surface area contributed by atoms with Gasteiger partial charge in [0.25, 0.3) is 5.91 Å². The van der Waals surface area contributed by atoms with Crippen LogP contribution in [0.2, 0.25) is 0 Å². The van der Waals surface area contributed by atoms with Crippen molar-refractivity contribution in [3.63, 3.8) is 0 Å². The zero-order valence-electron chi connectivity index (χ0n) is 40.8. The second-order valence-electron chi connectivity index (χ2n) is 17.9. The van der Waals surface area contributed by atoms with Gasteiger partial charge in [0.1, 0.15) is 5.82 Å². The predicted molar refractivity (Wildman–Crippen MR) is 280 cm³/mol. The van der Waals surface area contributed by atoms with E-state index >= 15 is 0 Å². The van der Waals surface area contributed by atoms with Gasteiger partial charge in [-0.15, -0.1) is 0 Å². The second kappa shape index (κ2) is 29.5. The third-order valence-corrected chi connectivity index (χ3v) is 12.0. The molecule has 4 aromatic rings. The van der Waals surface area contributed by atoms with Gasteiger partial charge in [0.2, 0.25) is 11.8 Å². The lowest BCUT2D eigenvalue weighted by molar-refractivity contribution is -0.130. The number of allylic oxidation sites excluding steroid dienone is 12. The SMILES string of the molecule is CCC=CCC=CCC=CCC=CCC=CCC=CCCC(=O)N1CC[C@@H](NC(=O)C[C@H](O)C[C@H](O)CCn2c(-c3ccc(F)cc3)c(-c3ccccc3)c(C(=O)Nc3ccccc3)c2C(C)C)C1. The van der Waals surface area contributed by atoms with Crippen molar-refractivity contribution in [1.82, 2.24) is 14.8 Å². The van der Waals surface area contributed by atoms with Crippen molar-refractivity contribution in [2.45, 2.75) is 129 Å². The number of likely N-dealkylation sites (tertiary alicyclic amines) is 1. The third kappa shape index (κ3) is 17.9. The Bertz CT molecular complexity index is 2380. The Morgan fingerprint density at radius 3 is 1.87 bits per heavy atom. The summed E-state index contributed by atoms with van der Waals surface area (Å²) in [5.41, 5.74) is 4.82. The van der Waals surface area contributed by atoms with E-state index < -0.39 is 12.2 Å². The van der Waals surface area contributed by atoms with Gasteiger partial charge in [-0.3, -0.25) is 14.4 Å². The number of nitrogens with one attached hydrogen (secondary N) is 2. The van der Waals surface area contributed by atoms with E-state index in [9.17, 15) is 29.0 Å². The Hall–Kier alpha value is -6.36. The van der Waals surface area contributed by atoms with E-state index in [2.05, 4.69) is 84.4 Å². The lowest BCUT2D eigenvalue weighted by Gasteiger charge is -2.21. The molecule has 0 saturated carbocycles. The van der Waals surface area contributed by atoms with Gasteiger partial charge in [0, 0.05) is 49.0 Å². The Morgan fingerprint density at radius 1 is 0.725 bits per heavy atom. The molecule has 0 radical (unpaired) electrons. The van der Waals surface area contributed by atoms with Crippen LogP contribution < -0.4 is 10.6 Å². The molecule has 2 heterocycles. The van der Waals surface area contributed by atoms with E-state index in [4.69, 9.17) is 0 Å². The molecule has 1 aliphatic rings. The predicted octanol–water partition coefficient (Wildman–Crippen LogP) is 12.4. The van der Waals surface area contributed by atoms with Crippen LogP contribution in [0, 0.1) is 5.82 Å². The highest BCUT2D eigenvalue weighted by atomic mass is 19.1. The molecule has 9 nitrogen and oxygen atoms in total. The van der Waals surface area contributed by atoms with Crippen molar-refractivity contribution in [2.75, 3.05) is 18.4 Å². The van der Waals surface area contributed by atoms with Crippen molar-refractivity contribution in [1.29, 1.82) is 0 Å². The van der Waals surface area contributed by atoms with Gasteiger partial charge in [-0.05, 0) is 118 Å². The lowest BCUT2D eigenvalue weighted by Crippen LogP contribution is -2.39. The van der Waals surface area contributed by atoms with Crippen LogP contribution >= 0.6 is 0 Å². The number of para-hydroxylation sites is 1. The molecular weight excluding hydrogens is 864 g/mol. The maximum atomic E-state index is 14.4. The van der Waals surface area contributed by atoms with Crippen molar-refractivity contribution in [2.24, 2.45) is 0 Å². The number of rotatable bonds is 27. The van der Waals surface area contributed by atoms with Gasteiger partial charge in [-0.2, -0.15) is 0 Å². The number of anilines is 1. The molecule has 1 aliphatic heterocycles. The monoisotopic (exact) mass is 937 g/mol. The first-order valence-electron chi connectivity index (χ1n) is 24.8. The molecule has 366 valence electrons. The normalized spacial score (nSPS) is 15.3. The molecule has 69 heavy (non-hydrogen) atoms. The standard InChI is InChI=1S/C59H73FN4O5/c1-4-5-6-7-8-9-10-11-12-13-14-15-16-17-18-19-20-21-28-33-54(68)63-40-38-50(44-63)61-53(67)43-52(66)42-51(65)39-41-64-57(45(2)3)56(59(69)62-49-31-26-23-27-32-49)55(46-29-24-22-25-30-46)58(64)47-34-36-48(60)37-35-47/h5-6,8-9,11-12,14-15,17-18,20-27,29-32,34-37,45,50-52,65-66H,4,7,10,13,16,19,28,33,38-44H2,1-3H3,(H,61,67)(H,62,69)/t50-,51-,52-/m1/s1. The lowest BCUT2D eigenvalue weighted by atomic mass is 9.94. The minimum atomic E-state index is -1.10. The van der Waals surface area contributed by atoms with Crippen LogP contribution in [-0.2, 0) is 16.1 Å². The molecule has 0 spiro atoms. The van der Waals surface area contributed by atoms with Gasteiger partial charge in [0.05, 0.1) is 29.9 Å². The third-order valence-electron chi connectivity index (χ3n) is 12.0. The molecule has 3 atom stereocenters. The second-order valence-corrected chi connectivity index (χ2v) is 17.9. The number of aromatic nitrogens is 1. The van der Waals surface area contributed by atoms with Gasteiger partial charge in [-0.1, -0.05) is 142 Å². The van der Waals surface area contributed by atoms with Crippen LogP contribution in [0.5, 0.6) is 0 Å². The summed E-state index contributed by atoms with van der Waals surface area (Å²) in [5, 5.41) is 28.4. The first kappa shape index (κ1) is 53.6. The first-order valence-corrected chi connectivity index (χ1v) is 24.8. The van der Waals surface area contributed by atoms with Crippen molar-refractivity contribution >= 4 is 23.4 Å². The molecule has 1 fully saturated rings. The maximum absolute atomic E-state index is 14.4. The summed E-state index contributed by atoms with van der Waals surface area (Å²) < 4.78 is 16.4. The Labute approximate surface area is 409 Å². The van der Waals surface area contributed by atoms with E-state index in [1.165, 1.54) is 12.1 Å². The number of amides is 3. The minimum absolute atomic E-state index is 0.0334. The number of carbonyl (C=O) groups excluding carboxylic acids is 3. The smallest absolute Gasteiger partial charge is 0.258 e. The Morgan fingerprint density at radius 2 is 1.29 bits per heavy atom.